The van der Waals surface area contributed by atoms with Crippen molar-refractivity contribution in [1.82, 2.24) is 14.7 Å². The number of halogens is 2. The van der Waals surface area contributed by atoms with Crippen LogP contribution in [0.4, 0.5) is 4.39 Å². The van der Waals surface area contributed by atoms with Gasteiger partial charge in [-0.05, 0) is 61.1 Å². The minimum Gasteiger partial charge on any atom is -0.490 e. The maximum Gasteiger partial charge on any atom is 0.226 e. The van der Waals surface area contributed by atoms with Crippen LogP contribution in [0.3, 0.4) is 0 Å². The Morgan fingerprint density at radius 2 is 1.68 bits per heavy atom. The van der Waals surface area contributed by atoms with Gasteiger partial charge in [-0.1, -0.05) is 66.6 Å². The molecule has 40 heavy (non-hydrogen) atoms. The van der Waals surface area contributed by atoms with Gasteiger partial charge in [0.15, 0.2) is 5.03 Å². The first kappa shape index (κ1) is 26.7. The fraction of sp³-hybridized carbons (Fsp3) is 0.258. The normalized spacial score (nSPS) is 14.7. The van der Waals surface area contributed by atoms with Crippen molar-refractivity contribution in [2.24, 2.45) is 0 Å². The molecule has 0 aliphatic carbocycles. The molecular formula is C31H29ClFN3O3S. The number of benzene rings is 4. The highest BCUT2D eigenvalue weighted by Gasteiger charge is 2.29. The summed E-state index contributed by atoms with van der Waals surface area (Å²) < 4.78 is 51.1. The molecule has 0 N–H and O–H groups in total. The second kappa shape index (κ2) is 11.2. The van der Waals surface area contributed by atoms with E-state index < -0.39 is 15.7 Å². The van der Waals surface area contributed by atoms with Crippen molar-refractivity contribution in [1.29, 1.82) is 0 Å². The Balaban J connectivity index is 1.47. The lowest BCUT2D eigenvalue weighted by Gasteiger charge is -2.26. The van der Waals surface area contributed by atoms with E-state index in [2.05, 4.69) is 10.00 Å². The monoisotopic (exact) mass is 577 g/mol. The predicted octanol–water partition coefficient (Wildman–Crippen LogP) is 6.73. The number of rotatable bonds is 8. The van der Waals surface area contributed by atoms with Gasteiger partial charge in [0.25, 0.3) is 0 Å². The number of nitrogens with zero attached hydrogens (tertiary/aromatic N) is 3. The van der Waals surface area contributed by atoms with Crippen molar-refractivity contribution < 1.29 is 17.5 Å². The lowest BCUT2D eigenvalue weighted by molar-refractivity contribution is 0.184. The van der Waals surface area contributed by atoms with E-state index in [9.17, 15) is 8.42 Å². The van der Waals surface area contributed by atoms with Gasteiger partial charge in [0.1, 0.15) is 23.7 Å². The molecule has 206 valence electrons. The van der Waals surface area contributed by atoms with E-state index in [0.29, 0.717) is 29.1 Å². The van der Waals surface area contributed by atoms with Crippen molar-refractivity contribution in [2.75, 3.05) is 26.2 Å². The summed E-state index contributed by atoms with van der Waals surface area (Å²) in [6.45, 7) is 3.33. The van der Waals surface area contributed by atoms with Crippen LogP contribution in [0.25, 0.3) is 21.7 Å². The third-order valence-corrected chi connectivity index (χ3v) is 9.35. The highest BCUT2D eigenvalue weighted by Crippen LogP contribution is 2.36. The summed E-state index contributed by atoms with van der Waals surface area (Å²) in [7, 11) is -4.13. The number of sulfone groups is 1. The molecule has 1 saturated heterocycles. The van der Waals surface area contributed by atoms with Crippen LogP contribution in [0.1, 0.15) is 24.8 Å². The molecule has 6 rings (SSSR count). The fourth-order valence-electron chi connectivity index (χ4n) is 5.45. The molecule has 2 heterocycles. The van der Waals surface area contributed by atoms with E-state index in [0.717, 1.165) is 36.9 Å². The average molecular weight is 578 g/mol. The Morgan fingerprint density at radius 1 is 0.900 bits per heavy atom. The lowest BCUT2D eigenvalue weighted by atomic mass is 10.1. The molecule has 1 aromatic heterocycles. The van der Waals surface area contributed by atoms with E-state index in [1.165, 1.54) is 18.6 Å². The van der Waals surface area contributed by atoms with Gasteiger partial charge < -0.3 is 4.74 Å². The van der Waals surface area contributed by atoms with E-state index in [4.69, 9.17) is 16.3 Å². The molecule has 0 spiro atoms. The Morgan fingerprint density at radius 3 is 2.50 bits per heavy atom. The van der Waals surface area contributed by atoms with E-state index >= 15 is 4.39 Å². The lowest BCUT2D eigenvalue weighted by Crippen LogP contribution is -2.33. The second-order valence-corrected chi connectivity index (χ2v) is 12.4. The summed E-state index contributed by atoms with van der Waals surface area (Å²) in [6, 6.07) is 22.2. The van der Waals surface area contributed by atoms with Gasteiger partial charge in [-0.2, -0.15) is 5.10 Å². The minimum atomic E-state index is -4.13. The molecule has 0 bridgehead atoms. The number of likely N-dealkylation sites (tertiary alicyclic amines) is 1. The van der Waals surface area contributed by atoms with Crippen LogP contribution in [-0.4, -0.2) is 49.3 Å². The van der Waals surface area contributed by atoms with Crippen LogP contribution in [0, 0.1) is 5.82 Å². The summed E-state index contributed by atoms with van der Waals surface area (Å²) in [6.07, 6.45) is 3.55. The molecule has 0 atom stereocenters. The zero-order chi connectivity index (χ0) is 27.7. The van der Waals surface area contributed by atoms with Gasteiger partial charge >= 0.3 is 0 Å². The number of aromatic nitrogens is 2. The van der Waals surface area contributed by atoms with Crippen LogP contribution < -0.4 is 4.74 Å². The molecule has 6 nitrogen and oxygen atoms in total. The average Bonchev–Trinajstić information content (AvgIpc) is 3.32. The van der Waals surface area contributed by atoms with E-state index in [1.807, 2.05) is 30.3 Å². The second-order valence-electron chi connectivity index (χ2n) is 10.1. The Labute approximate surface area is 237 Å². The standard InChI is InChI=1S/C31H29ClFN3O3S/c32-24-11-6-8-22(18-24)21-36-30-27(19-25(33)20-28(30)39-17-16-35-14-4-1-5-15-35)31(34-36)40(37,38)29-13-7-10-23-9-2-3-12-26(23)29/h2-3,6-13,18-20H,1,4-5,14-17,21H2. The molecule has 5 aromatic rings. The van der Waals surface area contributed by atoms with Gasteiger partial charge in [-0.3, -0.25) is 9.58 Å². The molecule has 1 aliphatic rings. The zero-order valence-electron chi connectivity index (χ0n) is 21.9. The Kier molecular flexibility index (Phi) is 7.49. The highest BCUT2D eigenvalue weighted by atomic mass is 35.5. The third-order valence-electron chi connectivity index (χ3n) is 7.37. The SMILES string of the molecule is O=S(=O)(c1cccc2ccccc12)c1nn(Cc2cccc(Cl)c2)c2c(OCCN3CCCCC3)cc(F)cc12. The molecule has 4 aromatic carbocycles. The molecule has 0 amide bonds. The van der Waals surface area contributed by atoms with E-state index in [-0.39, 0.29) is 27.6 Å². The van der Waals surface area contributed by atoms with Crippen LogP contribution in [-0.2, 0) is 16.4 Å². The minimum absolute atomic E-state index is 0.122. The van der Waals surface area contributed by atoms with Gasteiger partial charge in [-0.15, -0.1) is 0 Å². The van der Waals surface area contributed by atoms with Crippen molar-refractivity contribution in [3.63, 3.8) is 0 Å². The Bertz CT molecular complexity index is 1790. The number of fused-ring (bicyclic) bond motifs is 2. The van der Waals surface area contributed by atoms with Crippen molar-refractivity contribution in [2.45, 2.75) is 35.7 Å². The zero-order valence-corrected chi connectivity index (χ0v) is 23.5. The molecule has 1 aliphatic heterocycles. The fourth-order valence-corrected chi connectivity index (χ4v) is 7.26. The first-order valence-electron chi connectivity index (χ1n) is 13.4. The summed E-state index contributed by atoms with van der Waals surface area (Å²) in [5.74, 6) is -0.321. The largest absolute Gasteiger partial charge is 0.490 e. The number of hydrogen-bond acceptors (Lipinski definition) is 5. The maximum atomic E-state index is 15.1. The molecule has 9 heteroatoms. The van der Waals surface area contributed by atoms with Gasteiger partial charge in [0.2, 0.25) is 9.84 Å². The number of hydrogen-bond donors (Lipinski definition) is 0. The summed E-state index contributed by atoms with van der Waals surface area (Å²) in [5.41, 5.74) is 1.26. The van der Waals surface area contributed by atoms with Crippen LogP contribution in [0.5, 0.6) is 5.75 Å². The smallest absolute Gasteiger partial charge is 0.226 e. The van der Waals surface area contributed by atoms with Crippen LogP contribution >= 0.6 is 11.6 Å². The summed E-state index contributed by atoms with van der Waals surface area (Å²) in [4.78, 5) is 2.45. The molecule has 0 radical (unpaired) electrons. The predicted molar refractivity (Wildman–Crippen MR) is 155 cm³/mol. The van der Waals surface area contributed by atoms with Crippen molar-refractivity contribution in [3.8, 4) is 5.75 Å². The van der Waals surface area contributed by atoms with Gasteiger partial charge in [0.05, 0.1) is 11.4 Å². The topological polar surface area (TPSA) is 64.4 Å². The van der Waals surface area contributed by atoms with Gasteiger partial charge in [-0.25, -0.2) is 12.8 Å². The van der Waals surface area contributed by atoms with Crippen LogP contribution in [0.2, 0.25) is 5.02 Å². The van der Waals surface area contributed by atoms with Gasteiger partial charge in [0, 0.05) is 28.4 Å². The maximum absolute atomic E-state index is 15.1. The summed E-state index contributed by atoms with van der Waals surface area (Å²) in [5, 5.41) is 6.50. The molecule has 0 unspecified atom stereocenters. The van der Waals surface area contributed by atoms with Crippen molar-refractivity contribution >= 4 is 43.1 Å². The first-order chi connectivity index (χ1) is 19.4. The first-order valence-corrected chi connectivity index (χ1v) is 15.3. The van der Waals surface area contributed by atoms with E-state index in [1.54, 1.807) is 41.1 Å². The summed E-state index contributed by atoms with van der Waals surface area (Å²) >= 11 is 6.23. The molecular weight excluding hydrogens is 549 g/mol. The Hall–Kier alpha value is -3.46. The van der Waals surface area contributed by atoms with Crippen molar-refractivity contribution in [3.05, 3.63) is 95.3 Å². The number of ether oxygens (including phenoxy) is 1. The highest BCUT2D eigenvalue weighted by molar-refractivity contribution is 7.91. The number of piperidine rings is 1. The molecule has 1 fully saturated rings. The van der Waals surface area contributed by atoms with Crippen LogP contribution in [0.15, 0.2) is 88.8 Å². The third kappa shape index (κ3) is 5.31. The quantitative estimate of drug-likeness (QED) is 0.205. The molecule has 0 saturated carbocycles.